The van der Waals surface area contributed by atoms with Crippen molar-refractivity contribution in [1.82, 2.24) is 0 Å². The van der Waals surface area contributed by atoms with Crippen molar-refractivity contribution in [3.05, 3.63) is 57.2 Å². The average molecular weight is 441 g/mol. The van der Waals surface area contributed by atoms with Gasteiger partial charge >= 0.3 is 17.7 Å². The third-order valence-corrected chi connectivity index (χ3v) is 3.51. The van der Waals surface area contributed by atoms with Gasteiger partial charge in [-0.15, -0.1) is 0 Å². The number of hydrogen-bond donors (Lipinski definition) is 1. The number of nitrogens with one attached hydrogen (secondary N) is 1. The lowest BCUT2D eigenvalue weighted by Gasteiger charge is -2.15. The molecule has 0 aliphatic heterocycles. The Morgan fingerprint density at radius 3 is 2.09 bits per heavy atom. The quantitative estimate of drug-likeness (QED) is 0.688. The van der Waals surface area contributed by atoms with E-state index in [1.807, 2.05) is 52.9 Å². The lowest BCUT2D eigenvalue weighted by atomic mass is 10.1. The molecule has 0 atom stereocenters. The van der Waals surface area contributed by atoms with E-state index in [4.69, 9.17) is 8.42 Å². The van der Waals surface area contributed by atoms with E-state index in [1.165, 1.54) is 0 Å². The molecule has 0 heterocycles. The van der Waals surface area contributed by atoms with Crippen molar-refractivity contribution in [1.29, 1.82) is 0 Å². The molecule has 3 nitrogen and oxygen atoms in total. The number of anilines is 2. The predicted molar refractivity (Wildman–Crippen MR) is 87.5 cm³/mol. The fraction of sp³-hybridized carbons (Fsp3) is 0.143. The van der Waals surface area contributed by atoms with Gasteiger partial charge in [0, 0.05) is 9.26 Å². The molecule has 0 bridgehead atoms. The molecule has 0 unspecified atom stereocenters. The van der Waals surface area contributed by atoms with Gasteiger partial charge in [-0.05, 0) is 59.3 Å². The first kappa shape index (κ1) is 18.6. The lowest BCUT2D eigenvalue weighted by molar-refractivity contribution is -0.137. The number of halogens is 4. The molecule has 2 rings (SSSR count). The fourth-order valence-corrected chi connectivity index (χ4v) is 2.63. The summed E-state index contributed by atoms with van der Waals surface area (Å²) in [4.78, 5) is 0. The molecule has 0 aliphatic rings. The van der Waals surface area contributed by atoms with Gasteiger partial charge in [0.05, 0.1) is 11.3 Å². The minimum Gasteiger partial charge on any atom is -0.354 e. The highest BCUT2D eigenvalue weighted by atomic mass is 127. The average Bonchev–Trinajstić information content (AvgIpc) is 2.43. The molecule has 0 fully saturated rings. The highest BCUT2D eigenvalue weighted by molar-refractivity contribution is 14.1. The van der Waals surface area contributed by atoms with E-state index >= 15 is 0 Å². The lowest BCUT2D eigenvalue weighted by Crippen LogP contribution is -2.07. The van der Waals surface area contributed by atoms with Crippen LogP contribution >= 0.6 is 22.6 Å². The van der Waals surface area contributed by atoms with Gasteiger partial charge < -0.3 is 5.32 Å². The second kappa shape index (κ2) is 8.28. The maximum Gasteiger partial charge on any atom is 0.416 e. The molecule has 2 aromatic carbocycles. The van der Waals surface area contributed by atoms with Crippen molar-refractivity contribution < 1.29 is 21.6 Å². The van der Waals surface area contributed by atoms with Crippen molar-refractivity contribution in [2.24, 2.45) is 0 Å². The first-order valence-corrected chi connectivity index (χ1v) is 7.65. The Morgan fingerprint density at radius 1 is 1.09 bits per heavy atom. The van der Waals surface area contributed by atoms with Gasteiger partial charge in [-0.1, -0.05) is 18.2 Å². The van der Waals surface area contributed by atoms with Crippen molar-refractivity contribution in [3.63, 3.8) is 0 Å². The van der Waals surface area contributed by atoms with Crippen LogP contribution in [0.5, 0.6) is 0 Å². The minimum atomic E-state index is -4.31. The van der Waals surface area contributed by atoms with Crippen LogP contribution in [0.2, 0.25) is 0 Å². The summed E-state index contributed by atoms with van der Waals surface area (Å²) in [5, 5.41) is 3.14. The molecule has 0 spiro atoms. The number of hydrogen-bond acceptors (Lipinski definition) is 3. The molecule has 1 N–H and O–H groups in total. The van der Waals surface area contributed by atoms with Crippen LogP contribution in [-0.4, -0.2) is 8.42 Å². The smallest absolute Gasteiger partial charge is 0.354 e. The Morgan fingerprint density at radius 2 is 1.64 bits per heavy atom. The zero-order valence-electron chi connectivity index (χ0n) is 11.3. The van der Waals surface area contributed by atoms with Crippen LogP contribution in [0.3, 0.4) is 0 Å². The predicted octanol–water partition coefficient (Wildman–Crippen LogP) is 4.69. The second-order valence-corrected chi connectivity index (χ2v) is 5.51. The minimum absolute atomic E-state index is 0.550. The van der Waals surface area contributed by atoms with E-state index in [9.17, 15) is 13.2 Å². The molecular weight excluding hydrogens is 430 g/mol. The molecule has 22 heavy (non-hydrogen) atoms. The molecule has 8 heteroatoms. The van der Waals surface area contributed by atoms with Gasteiger partial charge in [-0.25, -0.2) is 0 Å². The summed E-state index contributed by atoms with van der Waals surface area (Å²) in [6.07, 6.45) is -4.31. The van der Waals surface area contributed by atoms with Crippen LogP contribution < -0.4 is 5.32 Å². The van der Waals surface area contributed by atoms with Gasteiger partial charge in [0.15, 0.2) is 0 Å². The molecule has 0 saturated heterocycles. The normalized spacial score (nSPS) is 10.4. The molecular formula is C14H11F3INO2S. The Labute approximate surface area is 142 Å². The van der Waals surface area contributed by atoms with Crippen LogP contribution in [0.1, 0.15) is 11.1 Å². The molecule has 0 saturated carbocycles. The summed E-state index contributed by atoms with van der Waals surface area (Å²) in [6.45, 7) is 1.67. The van der Waals surface area contributed by atoms with Gasteiger partial charge in [-0.2, -0.15) is 21.6 Å². The first-order chi connectivity index (χ1) is 10.3. The number of rotatable bonds is 2. The van der Waals surface area contributed by atoms with E-state index in [2.05, 4.69) is 5.32 Å². The molecule has 0 aliphatic carbocycles. The van der Waals surface area contributed by atoms with Crippen LogP contribution in [-0.2, 0) is 17.7 Å². The monoisotopic (exact) mass is 441 g/mol. The van der Waals surface area contributed by atoms with Crippen LogP contribution in [0.25, 0.3) is 0 Å². The largest absolute Gasteiger partial charge is 0.416 e. The van der Waals surface area contributed by atoms with Crippen molar-refractivity contribution in [2.45, 2.75) is 13.1 Å². The molecule has 0 amide bonds. The highest BCUT2D eigenvalue weighted by Crippen LogP contribution is 2.35. The summed E-state index contributed by atoms with van der Waals surface area (Å²) >= 11 is 1.17. The van der Waals surface area contributed by atoms with E-state index in [-0.39, 0.29) is 0 Å². The van der Waals surface area contributed by atoms with Gasteiger partial charge in [-0.3, -0.25) is 0 Å². The molecule has 2 aromatic rings. The Bertz CT molecular complexity index is 649. The Balaban J connectivity index is 0.000000745. The fourth-order valence-electron chi connectivity index (χ4n) is 1.73. The third kappa shape index (κ3) is 5.41. The highest BCUT2D eigenvalue weighted by Gasteiger charge is 2.31. The number of alkyl halides is 3. The molecule has 0 aromatic heterocycles. The van der Waals surface area contributed by atoms with Crippen LogP contribution in [0.15, 0.2) is 42.5 Å². The Kier molecular flexibility index (Phi) is 7.01. The van der Waals surface area contributed by atoms with Gasteiger partial charge in [0.1, 0.15) is 0 Å². The summed E-state index contributed by atoms with van der Waals surface area (Å²) in [5.74, 6) is 0. The standard InChI is InChI=1S/C14H11F3IN.O2S/c1-9-7-10(14(15,16)17)8-12(18)13(9)19-11-5-3-2-4-6-11;1-3-2/h2-8,19H,1H3;. The van der Waals surface area contributed by atoms with Crippen molar-refractivity contribution in [2.75, 3.05) is 5.32 Å². The Hall–Kier alpha value is -1.42. The van der Waals surface area contributed by atoms with Crippen LogP contribution in [0.4, 0.5) is 24.5 Å². The summed E-state index contributed by atoms with van der Waals surface area (Å²) in [7, 11) is 0. The first-order valence-electron chi connectivity index (χ1n) is 5.90. The third-order valence-electron chi connectivity index (χ3n) is 2.66. The van der Waals surface area contributed by atoms with E-state index in [0.717, 1.165) is 17.8 Å². The SMILES string of the molecule is Cc1cc(C(F)(F)F)cc(I)c1Nc1ccccc1.O=S=O. The summed E-state index contributed by atoms with van der Waals surface area (Å²) in [5.41, 5.74) is 1.51. The van der Waals surface area contributed by atoms with Crippen molar-refractivity contribution in [3.8, 4) is 0 Å². The maximum absolute atomic E-state index is 12.7. The summed E-state index contributed by atoms with van der Waals surface area (Å²) < 4.78 is 55.2. The maximum atomic E-state index is 12.7. The molecule has 0 radical (unpaired) electrons. The van der Waals surface area contributed by atoms with Gasteiger partial charge in [0.25, 0.3) is 0 Å². The van der Waals surface area contributed by atoms with Crippen molar-refractivity contribution >= 4 is 45.5 Å². The van der Waals surface area contributed by atoms with Crippen LogP contribution in [0, 0.1) is 10.5 Å². The second-order valence-electron chi connectivity index (χ2n) is 4.21. The van der Waals surface area contributed by atoms with E-state index < -0.39 is 23.3 Å². The van der Waals surface area contributed by atoms with E-state index in [1.54, 1.807) is 6.92 Å². The zero-order chi connectivity index (χ0) is 16.8. The van der Waals surface area contributed by atoms with Gasteiger partial charge in [0.2, 0.25) is 0 Å². The van der Waals surface area contributed by atoms with E-state index in [0.29, 0.717) is 14.8 Å². The zero-order valence-corrected chi connectivity index (χ0v) is 14.3. The number of para-hydroxylation sites is 1. The summed E-state index contributed by atoms with van der Waals surface area (Å²) in [6, 6.07) is 11.7. The number of aryl methyl sites for hydroxylation is 1. The number of benzene rings is 2. The topological polar surface area (TPSA) is 46.2 Å². The molecule has 118 valence electrons.